The number of hydrogen-bond acceptors (Lipinski definition) is 2. The van der Waals surface area contributed by atoms with Crippen LogP contribution in [-0.2, 0) is 0 Å². The smallest absolute Gasteiger partial charge is 0.120 e. The lowest BCUT2D eigenvalue weighted by atomic mass is 9.80. The van der Waals surface area contributed by atoms with Gasteiger partial charge in [0.05, 0.1) is 0 Å². The van der Waals surface area contributed by atoms with Gasteiger partial charge >= 0.3 is 0 Å². The molecule has 6 heteroatoms. The Hall–Kier alpha value is -2.24. The zero-order chi connectivity index (χ0) is 23.3. The number of fused-ring (bicyclic) bond motifs is 2. The topological polar surface area (TPSA) is 40.5 Å². The number of aromatic hydroxyl groups is 2. The van der Waals surface area contributed by atoms with Gasteiger partial charge in [-0.2, -0.15) is 0 Å². The van der Waals surface area contributed by atoms with Gasteiger partial charge < -0.3 is 10.2 Å². The number of phenolic OH excluding ortho intramolecular Hbond substituents is 2. The van der Waals surface area contributed by atoms with Crippen molar-refractivity contribution in [2.45, 2.75) is 5.92 Å². The molecule has 0 heterocycles. The van der Waals surface area contributed by atoms with Gasteiger partial charge in [0.2, 0.25) is 0 Å². The first-order valence-corrected chi connectivity index (χ1v) is 12.4. The van der Waals surface area contributed by atoms with E-state index in [-0.39, 0.29) is 11.5 Å². The summed E-state index contributed by atoms with van der Waals surface area (Å²) in [5, 5.41) is 26.9. The highest BCUT2D eigenvalue weighted by Gasteiger charge is 2.28. The number of halogens is 4. The van der Waals surface area contributed by atoms with Crippen molar-refractivity contribution in [1.82, 2.24) is 0 Å². The Labute approximate surface area is 217 Å². The van der Waals surface area contributed by atoms with Crippen LogP contribution in [-0.4, -0.2) is 10.2 Å². The van der Waals surface area contributed by atoms with Gasteiger partial charge in [-0.15, -0.1) is 0 Å². The number of phenols is 2. The van der Waals surface area contributed by atoms with Gasteiger partial charge in [0.25, 0.3) is 0 Å². The molecule has 0 atom stereocenters. The van der Waals surface area contributed by atoms with Crippen LogP contribution in [0.3, 0.4) is 0 Å². The maximum Gasteiger partial charge on any atom is 0.120 e. The highest BCUT2D eigenvalue weighted by molar-refractivity contribution is 9.10. The fourth-order valence-corrected chi connectivity index (χ4v) is 5.70. The average Bonchev–Trinajstić information content (AvgIpc) is 2.77. The zero-order valence-electron chi connectivity index (χ0n) is 17.0. The lowest BCUT2D eigenvalue weighted by Crippen LogP contribution is -2.07. The summed E-state index contributed by atoms with van der Waals surface area (Å²) in [5.41, 5.74) is 2.06. The summed E-state index contributed by atoms with van der Waals surface area (Å²) < 4.78 is 1.87. The highest BCUT2D eigenvalue weighted by Crippen LogP contribution is 2.48. The lowest BCUT2D eigenvalue weighted by molar-refractivity contribution is 0.460. The molecule has 0 amide bonds. The second-order valence-electron chi connectivity index (χ2n) is 7.83. The molecule has 2 N–H and O–H groups in total. The van der Waals surface area contributed by atoms with Crippen molar-refractivity contribution in [2.75, 3.05) is 0 Å². The first-order chi connectivity index (χ1) is 15.8. The van der Waals surface area contributed by atoms with Crippen LogP contribution < -0.4 is 0 Å². The molecule has 0 saturated heterocycles. The van der Waals surface area contributed by atoms with Gasteiger partial charge in [0.15, 0.2) is 0 Å². The Kier molecular flexibility index (Phi) is 6.04. The Bertz CT molecular complexity index is 1460. The van der Waals surface area contributed by atoms with E-state index < -0.39 is 5.92 Å². The Morgan fingerprint density at radius 1 is 0.606 bits per heavy atom. The van der Waals surface area contributed by atoms with Gasteiger partial charge in [-0.1, -0.05) is 85.4 Å². The molecular formula is C27H16Br2Cl2O2. The molecule has 0 aromatic heterocycles. The minimum atomic E-state index is -0.551. The van der Waals surface area contributed by atoms with Gasteiger partial charge in [-0.25, -0.2) is 0 Å². The van der Waals surface area contributed by atoms with Crippen molar-refractivity contribution < 1.29 is 10.2 Å². The standard InChI is InChI=1S/C27H16Br2Cl2O2/c28-16-3-6-19-14(11-16)1-9-23(32)25(19)27(21-8-5-18(30)13-22(21)31)26-20-7-4-17(29)12-15(20)2-10-24(26)33/h1-13,27,32-33H. The Balaban J connectivity index is 1.94. The molecule has 0 radical (unpaired) electrons. The number of rotatable bonds is 3. The van der Waals surface area contributed by atoms with E-state index in [1.165, 1.54) is 0 Å². The van der Waals surface area contributed by atoms with E-state index >= 15 is 0 Å². The van der Waals surface area contributed by atoms with E-state index in [1.54, 1.807) is 24.3 Å². The van der Waals surface area contributed by atoms with Crippen LogP contribution in [0.25, 0.3) is 21.5 Å². The monoisotopic (exact) mass is 600 g/mol. The van der Waals surface area contributed by atoms with E-state index in [4.69, 9.17) is 23.2 Å². The van der Waals surface area contributed by atoms with Crippen LogP contribution in [0.1, 0.15) is 22.6 Å². The molecule has 33 heavy (non-hydrogen) atoms. The minimum absolute atomic E-state index is 0.120. The SMILES string of the molecule is Oc1ccc2cc(Br)ccc2c1C(c1ccc(Cl)cc1Cl)c1c(O)ccc2cc(Br)ccc12. The molecule has 0 bridgehead atoms. The summed E-state index contributed by atoms with van der Waals surface area (Å²) in [6.45, 7) is 0. The van der Waals surface area contributed by atoms with Gasteiger partial charge in [0, 0.05) is 36.0 Å². The van der Waals surface area contributed by atoms with Gasteiger partial charge in [-0.3, -0.25) is 0 Å². The summed E-state index contributed by atoms with van der Waals surface area (Å²) in [7, 11) is 0. The second-order valence-corrected chi connectivity index (χ2v) is 10.5. The lowest BCUT2D eigenvalue weighted by Gasteiger charge is -2.25. The van der Waals surface area contributed by atoms with E-state index in [9.17, 15) is 10.2 Å². The van der Waals surface area contributed by atoms with Crippen molar-refractivity contribution in [3.8, 4) is 11.5 Å². The van der Waals surface area contributed by atoms with Gasteiger partial charge in [-0.05, 0) is 75.6 Å². The Morgan fingerprint density at radius 3 is 1.61 bits per heavy atom. The molecular weight excluding hydrogens is 587 g/mol. The van der Waals surface area contributed by atoms with Crippen molar-refractivity contribution in [1.29, 1.82) is 0 Å². The third-order valence-electron chi connectivity index (χ3n) is 5.85. The number of benzene rings is 5. The van der Waals surface area contributed by atoms with E-state index in [2.05, 4.69) is 31.9 Å². The van der Waals surface area contributed by atoms with Crippen molar-refractivity contribution >= 4 is 76.6 Å². The van der Waals surface area contributed by atoms with E-state index in [1.807, 2.05) is 54.6 Å². The molecule has 0 unspecified atom stereocenters. The zero-order valence-corrected chi connectivity index (χ0v) is 21.7. The molecule has 0 aliphatic rings. The summed E-state index contributed by atoms with van der Waals surface area (Å²) >= 11 is 20.0. The largest absolute Gasteiger partial charge is 0.508 e. The maximum atomic E-state index is 11.2. The quantitative estimate of drug-likeness (QED) is 0.202. The first-order valence-electron chi connectivity index (χ1n) is 10.1. The average molecular weight is 603 g/mol. The fourth-order valence-electron chi connectivity index (χ4n) is 4.42. The number of hydrogen-bond donors (Lipinski definition) is 2. The summed E-state index contributed by atoms with van der Waals surface area (Å²) in [6.07, 6.45) is 0. The van der Waals surface area contributed by atoms with E-state index in [0.717, 1.165) is 36.1 Å². The van der Waals surface area contributed by atoms with Crippen LogP contribution in [0.2, 0.25) is 10.0 Å². The third-order valence-corrected chi connectivity index (χ3v) is 7.40. The van der Waals surface area contributed by atoms with Crippen LogP contribution in [0.5, 0.6) is 11.5 Å². The van der Waals surface area contributed by atoms with Crippen molar-refractivity contribution in [3.63, 3.8) is 0 Å². The summed E-state index contributed by atoms with van der Waals surface area (Å²) in [6, 6.07) is 24.2. The van der Waals surface area contributed by atoms with Crippen LogP contribution in [0.4, 0.5) is 0 Å². The van der Waals surface area contributed by atoms with Crippen molar-refractivity contribution in [3.05, 3.63) is 115 Å². The van der Waals surface area contributed by atoms with Crippen LogP contribution in [0.15, 0.2) is 87.8 Å². The Morgan fingerprint density at radius 2 is 1.12 bits per heavy atom. The molecule has 164 valence electrons. The maximum absolute atomic E-state index is 11.2. The molecule has 0 fully saturated rings. The molecule has 0 saturated carbocycles. The highest BCUT2D eigenvalue weighted by atomic mass is 79.9. The molecule has 5 rings (SSSR count). The molecule has 0 aliphatic carbocycles. The van der Waals surface area contributed by atoms with Gasteiger partial charge in [0.1, 0.15) is 11.5 Å². The second kappa shape index (κ2) is 8.84. The third kappa shape index (κ3) is 4.10. The molecule has 5 aromatic rings. The first kappa shape index (κ1) is 22.5. The minimum Gasteiger partial charge on any atom is -0.508 e. The predicted molar refractivity (Wildman–Crippen MR) is 144 cm³/mol. The predicted octanol–water partition coefficient (Wildman–Crippen LogP) is 9.42. The molecule has 0 aliphatic heterocycles. The summed E-state index contributed by atoms with van der Waals surface area (Å²) in [4.78, 5) is 0. The molecule has 5 aromatic carbocycles. The van der Waals surface area contributed by atoms with Crippen LogP contribution >= 0.6 is 55.1 Å². The van der Waals surface area contributed by atoms with Crippen molar-refractivity contribution in [2.24, 2.45) is 0 Å². The fraction of sp³-hybridized carbons (Fsp3) is 0.0370. The summed E-state index contributed by atoms with van der Waals surface area (Å²) in [5.74, 6) is -0.312. The van der Waals surface area contributed by atoms with Crippen LogP contribution in [0, 0.1) is 0 Å². The molecule has 2 nitrogen and oxygen atoms in total. The normalized spacial score (nSPS) is 11.5. The van der Waals surface area contributed by atoms with E-state index in [0.29, 0.717) is 21.2 Å². The molecule has 0 spiro atoms.